The number of methoxy groups -OCH3 is 2. The van der Waals surface area contributed by atoms with Crippen LogP contribution in [0, 0.1) is 11.8 Å². The van der Waals surface area contributed by atoms with Crippen molar-refractivity contribution in [1.29, 1.82) is 0 Å². The number of halogens is 2. The third-order valence-electron chi connectivity index (χ3n) is 5.55. The number of esters is 2. The molecule has 0 aromatic rings. The van der Waals surface area contributed by atoms with Crippen molar-refractivity contribution in [2.75, 3.05) is 27.3 Å². The van der Waals surface area contributed by atoms with Gasteiger partial charge in [0.1, 0.15) is 0 Å². The molecule has 0 aliphatic heterocycles. The van der Waals surface area contributed by atoms with E-state index in [4.69, 9.17) is 38.7 Å². The van der Waals surface area contributed by atoms with E-state index in [1.807, 2.05) is 0 Å². The van der Waals surface area contributed by atoms with Crippen LogP contribution in [0.5, 0.6) is 0 Å². The molecule has 6 nitrogen and oxygen atoms in total. The van der Waals surface area contributed by atoms with Gasteiger partial charge in [0.25, 0.3) is 0 Å². The first-order valence-corrected chi connectivity index (χ1v) is 14.3. The zero-order chi connectivity index (χ0) is 20.8. The fraction of sp³-hybridized carbons (Fsp3) is 0.895. The van der Waals surface area contributed by atoms with Crippen LogP contribution >= 0.6 is 18.6 Å². The Labute approximate surface area is 185 Å². The van der Waals surface area contributed by atoms with Gasteiger partial charge in [-0.2, -0.15) is 13.1 Å². The molecule has 0 amide bonds. The molecule has 0 bridgehead atoms. The maximum atomic E-state index is 11.5. The van der Waals surface area contributed by atoms with E-state index in [-0.39, 0.29) is 23.8 Å². The van der Waals surface area contributed by atoms with Crippen molar-refractivity contribution < 1.29 is 36.1 Å². The number of ether oxygens (including phenoxy) is 2. The Balaban J connectivity index is 0.00000122. The topological polar surface area (TPSA) is 80.8 Å². The number of nitrogens with zero attached hydrogens (tertiary/aromatic N) is 2. The van der Waals surface area contributed by atoms with E-state index in [1.54, 1.807) is 0 Å². The van der Waals surface area contributed by atoms with Gasteiger partial charge in [-0.15, -0.1) is 12.1 Å². The second kappa shape index (κ2) is 15.9. The summed E-state index contributed by atoms with van der Waals surface area (Å²) in [5, 5.41) is 9.52. The first-order valence-electron chi connectivity index (χ1n) is 10.0. The zero-order valence-corrected chi connectivity index (χ0v) is 19.9. The molecule has 0 saturated heterocycles. The van der Waals surface area contributed by atoms with E-state index < -0.39 is 17.0 Å². The zero-order valence-electron chi connectivity index (χ0n) is 16.9. The van der Waals surface area contributed by atoms with Gasteiger partial charge in [0.05, 0.1) is 26.1 Å². The Kier molecular flexibility index (Phi) is 14.9. The van der Waals surface area contributed by atoms with Crippen LogP contribution in [-0.4, -0.2) is 51.3 Å². The minimum atomic E-state index is -0.556. The first-order chi connectivity index (χ1) is 13.5. The number of carbonyl (C=O) groups excluding carboxylic acids is 2. The van der Waals surface area contributed by atoms with Crippen molar-refractivity contribution in [2.45, 2.75) is 69.9 Å². The molecule has 0 radical (unpaired) electrons. The van der Waals surface area contributed by atoms with Crippen LogP contribution in [0.2, 0.25) is 0 Å². The van der Waals surface area contributed by atoms with E-state index in [2.05, 4.69) is 0 Å². The Morgan fingerprint density at radius 3 is 1.39 bits per heavy atom. The predicted octanol–water partition coefficient (Wildman–Crippen LogP) is 4.96. The van der Waals surface area contributed by atoms with Gasteiger partial charge in [-0.1, -0.05) is 32.1 Å². The predicted molar refractivity (Wildman–Crippen MR) is 108 cm³/mol. The van der Waals surface area contributed by atoms with Crippen LogP contribution in [0.1, 0.15) is 57.8 Å². The summed E-state index contributed by atoms with van der Waals surface area (Å²) in [6.45, 7) is 1.71. The van der Waals surface area contributed by atoms with E-state index in [1.165, 1.54) is 14.2 Å². The molecule has 2 rings (SSSR count). The monoisotopic (exact) mass is 470 g/mol. The van der Waals surface area contributed by atoms with Gasteiger partial charge < -0.3 is 20.1 Å². The maximum absolute atomic E-state index is 11.5. The fourth-order valence-electron chi connectivity index (χ4n) is 3.94. The van der Waals surface area contributed by atoms with Crippen LogP contribution in [0.3, 0.4) is 0 Å². The number of carbonyl (C=O) groups is 2. The van der Waals surface area contributed by atoms with Crippen molar-refractivity contribution in [1.82, 2.24) is 0 Å². The van der Waals surface area contributed by atoms with Crippen LogP contribution in [0.15, 0.2) is 0 Å². The van der Waals surface area contributed by atoms with Crippen molar-refractivity contribution in [2.24, 2.45) is 11.8 Å². The van der Waals surface area contributed by atoms with Gasteiger partial charge in [-0.05, 0) is 25.7 Å². The molecular weight excluding hydrogens is 439 g/mol. The third-order valence-corrected chi connectivity index (χ3v) is 5.55. The number of hydrogen-bond donors (Lipinski definition) is 0. The summed E-state index contributed by atoms with van der Waals surface area (Å²) in [5.41, 5.74) is 0. The van der Waals surface area contributed by atoms with Crippen LogP contribution in [0.4, 0.5) is 0 Å². The average Bonchev–Trinajstić information content (AvgIpc) is 2.74. The molecule has 0 N–H and O–H groups in total. The van der Waals surface area contributed by atoms with E-state index in [9.17, 15) is 9.59 Å². The molecule has 9 heteroatoms. The first kappa shape index (κ1) is 26.2. The number of hydrogen-bond acceptors (Lipinski definition) is 4. The molecule has 2 saturated carbocycles. The van der Waals surface area contributed by atoms with Crippen LogP contribution in [-0.2, 0) is 36.1 Å². The van der Waals surface area contributed by atoms with E-state index in [0.717, 1.165) is 70.9 Å². The SMILES string of the molecule is COC(=O)C1CCC([N-]CCC[N-]C2CCC(C(=O)OC)CC2)CC1.[Cl][Ti][Cl]. The Morgan fingerprint density at radius 1 is 0.786 bits per heavy atom. The quantitative estimate of drug-likeness (QED) is 0.285. The van der Waals surface area contributed by atoms with E-state index >= 15 is 0 Å². The van der Waals surface area contributed by atoms with E-state index in [0.29, 0.717) is 12.1 Å². The van der Waals surface area contributed by atoms with Crippen molar-refractivity contribution >= 4 is 30.5 Å². The summed E-state index contributed by atoms with van der Waals surface area (Å²) in [5.74, 6) is 0.0106. The van der Waals surface area contributed by atoms with Crippen LogP contribution < -0.4 is 0 Å². The molecular formula is C19H32Cl2N2O4Ti-2. The summed E-state index contributed by atoms with van der Waals surface area (Å²) in [6.07, 6.45) is 8.56. The van der Waals surface area contributed by atoms with Crippen molar-refractivity contribution in [3.63, 3.8) is 0 Å². The van der Waals surface area contributed by atoms with Gasteiger partial charge in [-0.3, -0.25) is 9.59 Å². The molecule has 0 aromatic heterocycles. The molecule has 0 unspecified atom stereocenters. The molecule has 162 valence electrons. The molecule has 28 heavy (non-hydrogen) atoms. The van der Waals surface area contributed by atoms with Crippen molar-refractivity contribution in [3.8, 4) is 0 Å². The summed E-state index contributed by atoms with van der Waals surface area (Å²) in [6, 6.07) is 0.799. The second-order valence-electron chi connectivity index (χ2n) is 7.29. The Morgan fingerprint density at radius 2 is 1.11 bits per heavy atom. The molecule has 0 atom stereocenters. The van der Waals surface area contributed by atoms with Gasteiger partial charge in [-0.25, -0.2) is 0 Å². The van der Waals surface area contributed by atoms with Gasteiger partial charge in [0, 0.05) is 0 Å². The second-order valence-corrected chi connectivity index (χ2v) is 9.87. The van der Waals surface area contributed by atoms with Gasteiger partial charge in [0.15, 0.2) is 0 Å². The molecule has 0 heterocycles. The third kappa shape index (κ3) is 10.3. The van der Waals surface area contributed by atoms with Crippen LogP contribution in [0.25, 0.3) is 10.6 Å². The Hall–Kier alpha value is 0.154. The molecule has 0 aromatic carbocycles. The molecule has 0 spiro atoms. The summed E-state index contributed by atoms with van der Waals surface area (Å²) >= 11 is -0.556. The summed E-state index contributed by atoms with van der Waals surface area (Å²) < 4.78 is 9.63. The standard InChI is InChI=1S/C19H32N2O4.2ClH.Ti/c1-24-18(22)14-4-8-16(9-5-14)20-12-3-13-21-17-10-6-15(7-11-17)19(23)25-2;;;/h14-17H,3-13H2,1-2H3;2*1H;/q-2;;;+2/p-2. The summed E-state index contributed by atoms with van der Waals surface area (Å²) in [4.78, 5) is 23.0. The fourth-order valence-corrected chi connectivity index (χ4v) is 3.94. The normalized spacial score (nSPS) is 27.1. The Bertz CT molecular complexity index is 406. The summed E-state index contributed by atoms with van der Waals surface area (Å²) in [7, 11) is 12.7. The minimum absolute atomic E-state index is 0.0702. The molecule has 2 aliphatic carbocycles. The van der Waals surface area contributed by atoms with Crippen molar-refractivity contribution in [3.05, 3.63) is 10.6 Å². The number of rotatable bonds is 8. The van der Waals surface area contributed by atoms with Gasteiger partial charge >= 0.3 is 47.6 Å². The molecule has 2 aliphatic rings. The average molecular weight is 471 g/mol. The van der Waals surface area contributed by atoms with Gasteiger partial charge in [0.2, 0.25) is 0 Å². The molecule has 2 fully saturated rings.